The van der Waals surface area contributed by atoms with Crippen molar-refractivity contribution in [2.24, 2.45) is 5.92 Å². The van der Waals surface area contributed by atoms with Crippen molar-refractivity contribution in [1.29, 1.82) is 0 Å². The number of nitrogens with zero attached hydrogens (tertiary/aromatic N) is 5. The molecule has 2 aromatic rings. The number of hydrogen-bond donors (Lipinski definition) is 2. The highest BCUT2D eigenvalue weighted by atomic mass is 19.4. The number of hydrogen-bond acceptors (Lipinski definition) is 7. The maximum Gasteiger partial charge on any atom is 0.407 e. The van der Waals surface area contributed by atoms with E-state index in [0.29, 0.717) is 18.4 Å². The van der Waals surface area contributed by atoms with Crippen molar-refractivity contribution in [3.63, 3.8) is 0 Å². The Balaban J connectivity index is 1.31. The molecule has 6 rings (SSSR count). The Morgan fingerprint density at radius 2 is 1.88 bits per heavy atom. The van der Waals surface area contributed by atoms with Crippen LogP contribution in [0.2, 0.25) is 0 Å². The van der Waals surface area contributed by atoms with E-state index in [1.807, 2.05) is 30.3 Å². The third kappa shape index (κ3) is 4.57. The molecule has 214 valence electrons. The maximum absolute atomic E-state index is 14.4. The van der Waals surface area contributed by atoms with Gasteiger partial charge in [-0.3, -0.25) is 0 Å². The number of rotatable bonds is 5. The van der Waals surface area contributed by atoms with Gasteiger partial charge in [0.2, 0.25) is 5.95 Å². The van der Waals surface area contributed by atoms with E-state index in [1.54, 1.807) is 18.2 Å². The molecule has 3 aliphatic heterocycles. The number of anilines is 1. The van der Waals surface area contributed by atoms with Gasteiger partial charge < -0.3 is 20.2 Å². The minimum absolute atomic E-state index is 0.0117. The quantitative estimate of drug-likeness (QED) is 0.490. The van der Waals surface area contributed by atoms with Gasteiger partial charge in [-0.25, -0.2) is 4.98 Å². The first-order valence-corrected chi connectivity index (χ1v) is 13.2. The topological polar surface area (TPSA) is 77.4 Å². The number of fused-ring (bicyclic) bond motifs is 2. The van der Waals surface area contributed by atoms with Gasteiger partial charge in [-0.15, -0.1) is 10.2 Å². The monoisotopic (exact) mass is 566 g/mol. The zero-order valence-electron chi connectivity index (χ0n) is 21.5. The maximum atomic E-state index is 14.4. The van der Waals surface area contributed by atoms with Gasteiger partial charge >= 0.3 is 12.4 Å². The fraction of sp³-hybridized carbons (Fsp3) is 0.519. The SMILES string of the molecule is CN1C=CC(c2ccc(-c3cnc(N(C4CC4)[C@H]4C[C@@H]5CC[C@@](C(F)(F)F)(N5)[C@H]4C(F)(F)F)nn3)c(O)c2)=CC1. The molecule has 40 heavy (non-hydrogen) atoms. The van der Waals surface area contributed by atoms with E-state index in [2.05, 4.69) is 20.5 Å². The van der Waals surface area contributed by atoms with E-state index in [9.17, 15) is 31.4 Å². The van der Waals surface area contributed by atoms with E-state index in [1.165, 1.54) is 11.1 Å². The highest BCUT2D eigenvalue weighted by Crippen LogP contribution is 2.56. The Labute approximate surface area is 226 Å². The molecule has 7 nitrogen and oxygen atoms in total. The number of aromatic hydroxyl groups is 1. The van der Waals surface area contributed by atoms with Crippen molar-refractivity contribution in [1.82, 2.24) is 25.4 Å². The number of piperidine rings is 1. The summed E-state index contributed by atoms with van der Waals surface area (Å²) in [5.74, 6) is -2.89. The number of alkyl halides is 6. The predicted octanol–water partition coefficient (Wildman–Crippen LogP) is 5.06. The van der Waals surface area contributed by atoms with Crippen molar-refractivity contribution in [3.8, 4) is 17.0 Å². The van der Waals surface area contributed by atoms with Crippen LogP contribution in [0.3, 0.4) is 0 Å². The van der Waals surface area contributed by atoms with Gasteiger partial charge in [0, 0.05) is 37.3 Å². The Hall–Kier alpha value is -3.35. The van der Waals surface area contributed by atoms with Crippen molar-refractivity contribution < 1.29 is 31.4 Å². The molecule has 4 aliphatic rings. The Bertz CT molecular complexity index is 1340. The molecular formula is C27H28F6N6O. The molecular weight excluding hydrogens is 538 g/mol. The molecule has 0 spiro atoms. The molecule has 13 heteroatoms. The first-order valence-electron chi connectivity index (χ1n) is 13.2. The van der Waals surface area contributed by atoms with Crippen molar-refractivity contribution in [2.45, 2.75) is 68.1 Å². The van der Waals surface area contributed by atoms with Crippen molar-refractivity contribution in [2.75, 3.05) is 18.5 Å². The van der Waals surface area contributed by atoms with Gasteiger partial charge in [0.1, 0.15) is 22.9 Å². The third-order valence-corrected chi connectivity index (χ3v) is 8.44. The van der Waals surface area contributed by atoms with Crippen LogP contribution in [0.25, 0.3) is 16.8 Å². The fourth-order valence-corrected chi connectivity index (χ4v) is 6.43. The lowest BCUT2D eigenvalue weighted by molar-refractivity contribution is -0.279. The van der Waals surface area contributed by atoms with E-state index in [-0.39, 0.29) is 30.2 Å². The molecule has 4 heterocycles. The number of aromatic nitrogens is 3. The summed E-state index contributed by atoms with van der Waals surface area (Å²) >= 11 is 0. The minimum atomic E-state index is -5.10. The summed E-state index contributed by atoms with van der Waals surface area (Å²) in [5, 5.41) is 21.2. The first kappa shape index (κ1) is 26.9. The van der Waals surface area contributed by atoms with Crippen LogP contribution in [0.15, 0.2) is 42.7 Å². The normalized spacial score (nSPS) is 28.5. The fourth-order valence-electron chi connectivity index (χ4n) is 6.43. The highest BCUT2D eigenvalue weighted by Gasteiger charge is 2.73. The predicted molar refractivity (Wildman–Crippen MR) is 135 cm³/mol. The largest absolute Gasteiger partial charge is 0.507 e. The third-order valence-electron chi connectivity index (χ3n) is 8.44. The number of benzene rings is 1. The highest BCUT2D eigenvalue weighted by molar-refractivity contribution is 5.78. The van der Waals surface area contributed by atoms with E-state index < -0.39 is 48.4 Å². The van der Waals surface area contributed by atoms with Crippen LogP contribution in [0, 0.1) is 5.92 Å². The number of nitrogens with one attached hydrogen (secondary N) is 1. The van der Waals surface area contributed by atoms with Gasteiger partial charge in [0.25, 0.3) is 0 Å². The van der Waals surface area contributed by atoms with Gasteiger partial charge in [-0.05, 0) is 67.6 Å². The van der Waals surface area contributed by atoms with E-state index in [0.717, 1.165) is 17.7 Å². The smallest absolute Gasteiger partial charge is 0.407 e. The number of allylic oxidation sites excluding steroid dienone is 2. The van der Waals surface area contributed by atoms with Crippen LogP contribution in [-0.4, -0.2) is 74.8 Å². The summed E-state index contributed by atoms with van der Waals surface area (Å²) < 4.78 is 86.0. The van der Waals surface area contributed by atoms with E-state index in [4.69, 9.17) is 0 Å². The van der Waals surface area contributed by atoms with Crippen LogP contribution in [-0.2, 0) is 0 Å². The lowest BCUT2D eigenvalue weighted by Gasteiger charge is -2.50. The second-order valence-electron chi connectivity index (χ2n) is 11.1. The average molecular weight is 567 g/mol. The van der Waals surface area contributed by atoms with Gasteiger partial charge in [-0.2, -0.15) is 26.3 Å². The molecule has 2 N–H and O–H groups in total. The average Bonchev–Trinajstić information content (AvgIpc) is 3.66. The van der Waals surface area contributed by atoms with Gasteiger partial charge in [0.15, 0.2) is 0 Å². The standard InChI is InChI=1S/C27H28F6N6O/c1-38-10-7-15(8-11-38)16-2-5-19(22(40)12-16)20-14-34-24(37-36-20)39(18-3-4-18)21-13-17-6-9-25(35-17,27(31,32)33)23(21)26(28,29)30/h2,5,7-8,10,12,14,17-18,21,23,35,40H,3-4,6,9,11,13H2,1H3/t17-,21-,23-,25+/m0/s1. The lowest BCUT2D eigenvalue weighted by atomic mass is 9.74. The number of phenolic OH excluding ortho intramolecular Hbond substituents is 1. The first-order chi connectivity index (χ1) is 18.9. The zero-order chi connectivity index (χ0) is 28.4. The molecule has 2 saturated heterocycles. The van der Waals surface area contributed by atoms with Crippen LogP contribution in [0.1, 0.15) is 37.7 Å². The van der Waals surface area contributed by atoms with Gasteiger partial charge in [-0.1, -0.05) is 12.1 Å². The molecule has 1 aromatic carbocycles. The summed E-state index contributed by atoms with van der Waals surface area (Å²) in [6, 6.07) is 2.46. The minimum Gasteiger partial charge on any atom is -0.507 e. The molecule has 1 aliphatic carbocycles. The Morgan fingerprint density at radius 3 is 2.45 bits per heavy atom. The number of phenols is 1. The van der Waals surface area contributed by atoms with Gasteiger partial charge in [0.05, 0.1) is 6.20 Å². The molecule has 0 unspecified atom stereocenters. The number of likely N-dealkylation sites (N-methyl/N-ethyl adjacent to an activating group) is 1. The molecule has 0 amide bonds. The molecule has 1 aromatic heterocycles. The summed E-state index contributed by atoms with van der Waals surface area (Å²) in [6.07, 6.45) is -2.69. The lowest BCUT2D eigenvalue weighted by Crippen LogP contribution is -2.72. The van der Waals surface area contributed by atoms with Crippen LogP contribution >= 0.6 is 0 Å². The number of halogens is 6. The summed E-state index contributed by atoms with van der Waals surface area (Å²) in [6.45, 7) is 0.722. The zero-order valence-corrected chi connectivity index (χ0v) is 21.5. The summed E-state index contributed by atoms with van der Waals surface area (Å²) in [4.78, 5) is 7.59. The van der Waals surface area contributed by atoms with E-state index >= 15 is 0 Å². The molecule has 2 bridgehead atoms. The second kappa shape index (κ2) is 9.35. The van der Waals surface area contributed by atoms with Crippen molar-refractivity contribution in [3.05, 3.63) is 48.3 Å². The Kier molecular flexibility index (Phi) is 6.28. The Morgan fingerprint density at radius 1 is 1.10 bits per heavy atom. The van der Waals surface area contributed by atoms with Crippen LogP contribution in [0.4, 0.5) is 32.3 Å². The van der Waals surface area contributed by atoms with Crippen LogP contribution < -0.4 is 10.2 Å². The molecule has 1 saturated carbocycles. The second-order valence-corrected chi connectivity index (χ2v) is 11.1. The molecule has 0 radical (unpaired) electrons. The van der Waals surface area contributed by atoms with Crippen molar-refractivity contribution >= 4 is 11.5 Å². The molecule has 4 atom stereocenters. The summed E-state index contributed by atoms with van der Waals surface area (Å²) in [7, 11) is 1.94. The molecule has 3 fully saturated rings. The summed E-state index contributed by atoms with van der Waals surface area (Å²) in [5.41, 5.74) is -0.798. The van der Waals surface area contributed by atoms with Crippen LogP contribution in [0.5, 0.6) is 5.75 Å².